The van der Waals surface area contributed by atoms with Gasteiger partial charge in [0.2, 0.25) is 5.91 Å². The highest BCUT2D eigenvalue weighted by Crippen LogP contribution is 2.26. The van der Waals surface area contributed by atoms with E-state index in [0.29, 0.717) is 44.5 Å². The normalized spacial score (nSPS) is 24.4. The number of morpholine rings is 1. The number of ether oxygens (including phenoxy) is 1. The molecule has 2 fully saturated rings. The minimum atomic E-state index is -0.0198. The Morgan fingerprint density at radius 1 is 1.08 bits per heavy atom. The predicted molar refractivity (Wildman–Crippen MR) is 95.7 cm³/mol. The third kappa shape index (κ3) is 3.37. The molecule has 0 radical (unpaired) electrons. The highest BCUT2D eigenvalue weighted by Gasteiger charge is 2.33. The number of hydrogen-bond donors (Lipinski definition) is 0. The van der Waals surface area contributed by atoms with E-state index in [4.69, 9.17) is 4.74 Å². The van der Waals surface area contributed by atoms with Crippen molar-refractivity contribution in [3.8, 4) is 0 Å². The molecule has 4 heterocycles. The molecular weight excluding hydrogens is 332 g/mol. The van der Waals surface area contributed by atoms with E-state index in [1.807, 2.05) is 14.4 Å². The lowest BCUT2D eigenvalue weighted by molar-refractivity contribution is -0.140. The number of hydrogen-bond acceptors (Lipinski definition) is 4. The average molecular weight is 360 g/mol. The van der Waals surface area contributed by atoms with E-state index >= 15 is 0 Å². The third-order valence-corrected chi connectivity index (χ3v) is 6.04. The fourth-order valence-electron chi connectivity index (χ4n) is 4.25. The molecule has 1 unspecified atom stereocenters. The maximum atomic E-state index is 12.9. The molecular formula is C19H28N4O3. The molecule has 0 spiro atoms. The Morgan fingerprint density at radius 2 is 1.81 bits per heavy atom. The SMILES string of the molecule is CC1CCN(C(=O)c2ncn3c2CCC(C(=O)N2CCOCC2)C3)CC1. The highest BCUT2D eigenvalue weighted by molar-refractivity contribution is 5.93. The van der Waals surface area contributed by atoms with Crippen LogP contribution in [0.1, 0.15) is 42.4 Å². The summed E-state index contributed by atoms with van der Waals surface area (Å²) in [7, 11) is 0. The summed E-state index contributed by atoms with van der Waals surface area (Å²) in [5, 5.41) is 0. The topological polar surface area (TPSA) is 67.7 Å². The van der Waals surface area contributed by atoms with Crippen molar-refractivity contribution in [2.24, 2.45) is 11.8 Å². The number of imidazole rings is 1. The average Bonchev–Trinajstić information content (AvgIpc) is 3.11. The van der Waals surface area contributed by atoms with Gasteiger partial charge < -0.3 is 19.1 Å². The number of likely N-dealkylation sites (tertiary alicyclic amines) is 1. The van der Waals surface area contributed by atoms with Gasteiger partial charge in [0.05, 0.1) is 31.2 Å². The van der Waals surface area contributed by atoms with E-state index in [1.165, 1.54) is 0 Å². The van der Waals surface area contributed by atoms with Crippen LogP contribution in [-0.2, 0) is 22.5 Å². The molecule has 142 valence electrons. The number of carbonyl (C=O) groups excluding carboxylic acids is 2. The first-order chi connectivity index (χ1) is 12.6. The Labute approximate surface area is 154 Å². The molecule has 0 aromatic carbocycles. The zero-order chi connectivity index (χ0) is 18.1. The molecule has 0 N–H and O–H groups in total. The summed E-state index contributed by atoms with van der Waals surface area (Å²) in [6.07, 6.45) is 5.41. The lowest BCUT2D eigenvalue weighted by atomic mass is 9.95. The van der Waals surface area contributed by atoms with Gasteiger partial charge in [-0.2, -0.15) is 0 Å². The van der Waals surface area contributed by atoms with Crippen molar-refractivity contribution < 1.29 is 14.3 Å². The van der Waals surface area contributed by atoms with Gasteiger partial charge in [0.15, 0.2) is 0 Å². The predicted octanol–water partition coefficient (Wildman–Crippen LogP) is 1.18. The molecule has 3 aliphatic heterocycles. The zero-order valence-electron chi connectivity index (χ0n) is 15.5. The van der Waals surface area contributed by atoms with Gasteiger partial charge in [-0.1, -0.05) is 6.92 Å². The molecule has 26 heavy (non-hydrogen) atoms. The van der Waals surface area contributed by atoms with Crippen LogP contribution in [0.2, 0.25) is 0 Å². The van der Waals surface area contributed by atoms with E-state index in [9.17, 15) is 9.59 Å². The van der Waals surface area contributed by atoms with Crippen molar-refractivity contribution in [2.45, 2.75) is 39.2 Å². The molecule has 7 heteroatoms. The highest BCUT2D eigenvalue weighted by atomic mass is 16.5. The molecule has 4 rings (SSSR count). The summed E-state index contributed by atoms with van der Waals surface area (Å²) in [6.45, 7) is 7.14. The van der Waals surface area contributed by atoms with Gasteiger partial charge in [0, 0.05) is 32.7 Å². The van der Waals surface area contributed by atoms with Crippen molar-refractivity contribution in [3.63, 3.8) is 0 Å². The van der Waals surface area contributed by atoms with Crippen LogP contribution in [0.5, 0.6) is 0 Å². The summed E-state index contributed by atoms with van der Waals surface area (Å²) >= 11 is 0. The maximum Gasteiger partial charge on any atom is 0.274 e. The van der Waals surface area contributed by atoms with Crippen molar-refractivity contribution in [1.82, 2.24) is 19.4 Å². The van der Waals surface area contributed by atoms with Crippen LogP contribution in [0.25, 0.3) is 0 Å². The number of carbonyl (C=O) groups is 2. The second kappa shape index (κ2) is 7.39. The molecule has 1 aromatic heterocycles. The van der Waals surface area contributed by atoms with Crippen molar-refractivity contribution in [2.75, 3.05) is 39.4 Å². The quantitative estimate of drug-likeness (QED) is 0.794. The van der Waals surface area contributed by atoms with Crippen LogP contribution in [0.4, 0.5) is 0 Å². The molecule has 7 nitrogen and oxygen atoms in total. The van der Waals surface area contributed by atoms with Crippen LogP contribution in [0.3, 0.4) is 0 Å². The maximum absolute atomic E-state index is 12.9. The molecule has 1 atom stereocenters. The molecule has 2 amide bonds. The Kier molecular flexibility index (Phi) is 4.98. The number of amides is 2. The summed E-state index contributed by atoms with van der Waals surface area (Å²) < 4.78 is 7.36. The molecule has 0 aliphatic carbocycles. The van der Waals surface area contributed by atoms with Gasteiger partial charge in [-0.3, -0.25) is 9.59 Å². The van der Waals surface area contributed by atoms with Gasteiger partial charge in [0.1, 0.15) is 5.69 Å². The molecule has 3 aliphatic rings. The van der Waals surface area contributed by atoms with Crippen LogP contribution in [-0.4, -0.2) is 70.6 Å². The molecule has 0 saturated carbocycles. The van der Waals surface area contributed by atoms with E-state index in [0.717, 1.165) is 44.5 Å². The molecule has 2 saturated heterocycles. The van der Waals surface area contributed by atoms with Gasteiger partial charge in [0.25, 0.3) is 5.91 Å². The van der Waals surface area contributed by atoms with Gasteiger partial charge in [-0.15, -0.1) is 0 Å². The number of rotatable bonds is 2. The van der Waals surface area contributed by atoms with Crippen molar-refractivity contribution in [3.05, 3.63) is 17.7 Å². The minimum Gasteiger partial charge on any atom is -0.378 e. The molecule has 1 aromatic rings. The second-order valence-electron chi connectivity index (χ2n) is 7.84. The fourth-order valence-corrected chi connectivity index (χ4v) is 4.25. The number of piperidine rings is 1. The first kappa shape index (κ1) is 17.5. The summed E-state index contributed by atoms with van der Waals surface area (Å²) in [4.78, 5) is 33.9. The van der Waals surface area contributed by atoms with Gasteiger partial charge >= 0.3 is 0 Å². The Hall–Kier alpha value is -1.89. The Bertz CT molecular complexity index is 672. The first-order valence-corrected chi connectivity index (χ1v) is 9.83. The van der Waals surface area contributed by atoms with E-state index in [-0.39, 0.29) is 17.7 Å². The standard InChI is InChI=1S/C19H28N4O3/c1-14-4-6-21(7-5-14)19(25)17-16-3-2-15(12-23(16)13-20-17)18(24)22-8-10-26-11-9-22/h13-15H,2-12H2,1H3. The number of fused-ring (bicyclic) bond motifs is 1. The van der Waals surface area contributed by atoms with Crippen molar-refractivity contribution in [1.29, 1.82) is 0 Å². The number of nitrogens with zero attached hydrogens (tertiary/aromatic N) is 4. The number of aromatic nitrogens is 2. The lowest BCUT2D eigenvalue weighted by Gasteiger charge is -2.33. The zero-order valence-corrected chi connectivity index (χ0v) is 15.5. The third-order valence-electron chi connectivity index (χ3n) is 6.04. The second-order valence-corrected chi connectivity index (χ2v) is 7.84. The van der Waals surface area contributed by atoms with E-state index in [2.05, 4.69) is 11.9 Å². The van der Waals surface area contributed by atoms with E-state index < -0.39 is 0 Å². The summed E-state index contributed by atoms with van der Waals surface area (Å²) in [5.41, 5.74) is 1.59. The smallest absolute Gasteiger partial charge is 0.274 e. The summed E-state index contributed by atoms with van der Waals surface area (Å²) in [5.74, 6) is 0.949. The summed E-state index contributed by atoms with van der Waals surface area (Å²) in [6, 6.07) is 0. The lowest BCUT2D eigenvalue weighted by Crippen LogP contribution is -2.45. The largest absolute Gasteiger partial charge is 0.378 e. The van der Waals surface area contributed by atoms with Crippen LogP contribution in [0.15, 0.2) is 6.33 Å². The first-order valence-electron chi connectivity index (χ1n) is 9.83. The van der Waals surface area contributed by atoms with E-state index in [1.54, 1.807) is 6.33 Å². The van der Waals surface area contributed by atoms with Gasteiger partial charge in [-0.05, 0) is 31.6 Å². The van der Waals surface area contributed by atoms with Crippen LogP contribution < -0.4 is 0 Å². The molecule has 0 bridgehead atoms. The fraction of sp³-hybridized carbons (Fsp3) is 0.737. The van der Waals surface area contributed by atoms with Gasteiger partial charge in [-0.25, -0.2) is 4.98 Å². The monoisotopic (exact) mass is 360 g/mol. The Balaban J connectivity index is 1.43. The van der Waals surface area contributed by atoms with Crippen molar-refractivity contribution >= 4 is 11.8 Å². The van der Waals surface area contributed by atoms with Crippen LogP contribution >= 0.6 is 0 Å². The minimum absolute atomic E-state index is 0.0198. The van der Waals surface area contributed by atoms with Crippen LogP contribution in [0, 0.1) is 11.8 Å². The Morgan fingerprint density at radius 3 is 2.54 bits per heavy atom.